The molecule has 2 heteroatoms. The fraction of sp³-hybridized carbons (Fsp3) is 0.647. The van der Waals surface area contributed by atoms with Crippen molar-refractivity contribution in [3.8, 4) is 0 Å². The molecule has 0 unspecified atom stereocenters. The Kier molecular flexibility index (Phi) is 5.00. The van der Waals surface area contributed by atoms with Gasteiger partial charge in [0, 0.05) is 13.1 Å². The maximum Gasteiger partial charge on any atom is 0.00201 e. The van der Waals surface area contributed by atoms with Crippen molar-refractivity contribution in [3.63, 3.8) is 0 Å². The molecule has 1 aliphatic rings. The van der Waals surface area contributed by atoms with Crippen molar-refractivity contribution < 1.29 is 0 Å². The van der Waals surface area contributed by atoms with Crippen LogP contribution in [0.1, 0.15) is 36.0 Å². The third-order valence-corrected chi connectivity index (χ3v) is 4.54. The van der Waals surface area contributed by atoms with Crippen LogP contribution in [-0.4, -0.2) is 26.7 Å². The summed E-state index contributed by atoms with van der Waals surface area (Å²) in [6, 6.07) is 6.76. The van der Waals surface area contributed by atoms with Gasteiger partial charge >= 0.3 is 0 Å². The van der Waals surface area contributed by atoms with Gasteiger partial charge in [0.25, 0.3) is 0 Å². The number of hydrogen-bond donors (Lipinski definition) is 2. The first kappa shape index (κ1) is 14.5. The Morgan fingerprint density at radius 3 is 2.58 bits per heavy atom. The third-order valence-electron chi connectivity index (χ3n) is 4.54. The van der Waals surface area contributed by atoms with Crippen molar-refractivity contribution in [1.82, 2.24) is 10.6 Å². The van der Waals surface area contributed by atoms with Crippen molar-refractivity contribution in [3.05, 3.63) is 34.9 Å². The lowest BCUT2D eigenvalue weighted by Crippen LogP contribution is -2.46. The Labute approximate surface area is 118 Å². The van der Waals surface area contributed by atoms with Gasteiger partial charge in [-0.05, 0) is 63.2 Å². The van der Waals surface area contributed by atoms with E-state index in [0.29, 0.717) is 5.41 Å². The maximum absolute atomic E-state index is 3.67. The Morgan fingerprint density at radius 2 is 1.95 bits per heavy atom. The van der Waals surface area contributed by atoms with Crippen molar-refractivity contribution >= 4 is 0 Å². The van der Waals surface area contributed by atoms with E-state index >= 15 is 0 Å². The summed E-state index contributed by atoms with van der Waals surface area (Å²) >= 11 is 0. The highest BCUT2D eigenvalue weighted by Crippen LogP contribution is 2.39. The number of nitrogens with one attached hydrogen (secondary N) is 2. The van der Waals surface area contributed by atoms with E-state index in [4.69, 9.17) is 0 Å². The SMILES string of the molecule is CNCC1(CNCCc2cc(C)ccc2C)CCC1. The highest BCUT2D eigenvalue weighted by atomic mass is 14.9. The van der Waals surface area contributed by atoms with Gasteiger partial charge in [0.15, 0.2) is 0 Å². The van der Waals surface area contributed by atoms with Crippen molar-refractivity contribution in [1.29, 1.82) is 0 Å². The molecule has 0 atom stereocenters. The molecular formula is C17H28N2. The van der Waals surface area contributed by atoms with Gasteiger partial charge in [-0.3, -0.25) is 0 Å². The summed E-state index contributed by atoms with van der Waals surface area (Å²) < 4.78 is 0. The lowest BCUT2D eigenvalue weighted by atomic mass is 9.68. The zero-order valence-electron chi connectivity index (χ0n) is 12.7. The molecule has 1 aromatic carbocycles. The van der Waals surface area contributed by atoms with Crippen LogP contribution in [-0.2, 0) is 6.42 Å². The first-order valence-electron chi connectivity index (χ1n) is 7.57. The summed E-state index contributed by atoms with van der Waals surface area (Å²) in [5.74, 6) is 0. The van der Waals surface area contributed by atoms with Crippen LogP contribution >= 0.6 is 0 Å². The molecule has 2 rings (SSSR count). The molecule has 0 amide bonds. The largest absolute Gasteiger partial charge is 0.319 e. The Hall–Kier alpha value is -0.860. The topological polar surface area (TPSA) is 24.1 Å². The Balaban J connectivity index is 1.76. The Morgan fingerprint density at radius 1 is 1.16 bits per heavy atom. The van der Waals surface area contributed by atoms with Crippen LogP contribution in [0.3, 0.4) is 0 Å². The average Bonchev–Trinajstić information content (AvgIpc) is 2.35. The number of rotatable bonds is 7. The third kappa shape index (κ3) is 3.80. The van der Waals surface area contributed by atoms with E-state index in [-0.39, 0.29) is 0 Å². The van der Waals surface area contributed by atoms with Gasteiger partial charge in [-0.2, -0.15) is 0 Å². The number of aryl methyl sites for hydroxylation is 2. The molecule has 1 fully saturated rings. The standard InChI is InChI=1S/C17H28N2/c1-14-5-6-15(2)16(11-14)7-10-19-13-17(12-18-3)8-4-9-17/h5-6,11,18-19H,4,7-10,12-13H2,1-3H3. The minimum atomic E-state index is 0.538. The first-order valence-corrected chi connectivity index (χ1v) is 7.57. The van der Waals surface area contributed by atoms with Crippen LogP contribution in [0.4, 0.5) is 0 Å². The highest BCUT2D eigenvalue weighted by molar-refractivity contribution is 5.30. The van der Waals surface area contributed by atoms with Gasteiger partial charge in [-0.1, -0.05) is 30.2 Å². The molecule has 0 spiro atoms. The van der Waals surface area contributed by atoms with Gasteiger partial charge < -0.3 is 10.6 Å². The molecule has 0 heterocycles. The molecular weight excluding hydrogens is 232 g/mol. The molecule has 19 heavy (non-hydrogen) atoms. The zero-order valence-corrected chi connectivity index (χ0v) is 12.7. The molecule has 0 aliphatic heterocycles. The predicted molar refractivity (Wildman–Crippen MR) is 82.7 cm³/mol. The van der Waals surface area contributed by atoms with Gasteiger partial charge in [0.05, 0.1) is 0 Å². The van der Waals surface area contributed by atoms with E-state index in [0.717, 1.165) is 19.5 Å². The van der Waals surface area contributed by atoms with E-state index in [1.54, 1.807) is 0 Å². The predicted octanol–water partition coefficient (Wildman–Crippen LogP) is 2.83. The second-order valence-corrected chi connectivity index (χ2v) is 6.24. The van der Waals surface area contributed by atoms with Gasteiger partial charge in [0.2, 0.25) is 0 Å². The average molecular weight is 260 g/mol. The van der Waals surface area contributed by atoms with Crippen molar-refractivity contribution in [2.75, 3.05) is 26.7 Å². The van der Waals surface area contributed by atoms with Crippen LogP contribution in [0, 0.1) is 19.3 Å². The lowest BCUT2D eigenvalue weighted by molar-refractivity contribution is 0.131. The van der Waals surface area contributed by atoms with Gasteiger partial charge in [-0.25, -0.2) is 0 Å². The monoisotopic (exact) mass is 260 g/mol. The van der Waals surface area contributed by atoms with E-state index in [2.05, 4.69) is 49.7 Å². The zero-order chi connectivity index (χ0) is 13.7. The molecule has 0 saturated heterocycles. The molecule has 0 bridgehead atoms. The fourth-order valence-electron chi connectivity index (χ4n) is 3.11. The molecule has 1 aliphatic carbocycles. The Bertz CT molecular complexity index is 408. The minimum Gasteiger partial charge on any atom is -0.319 e. The van der Waals surface area contributed by atoms with Gasteiger partial charge in [-0.15, -0.1) is 0 Å². The molecule has 0 radical (unpaired) electrons. The molecule has 2 N–H and O–H groups in total. The fourth-order valence-corrected chi connectivity index (χ4v) is 3.11. The van der Waals surface area contributed by atoms with Crippen LogP contribution in [0.2, 0.25) is 0 Å². The first-order chi connectivity index (χ1) is 9.15. The molecule has 2 nitrogen and oxygen atoms in total. The summed E-state index contributed by atoms with van der Waals surface area (Å²) in [5.41, 5.74) is 4.81. The smallest absolute Gasteiger partial charge is 0.00201 e. The van der Waals surface area contributed by atoms with Crippen molar-refractivity contribution in [2.24, 2.45) is 5.41 Å². The summed E-state index contributed by atoms with van der Waals surface area (Å²) in [6.07, 6.45) is 5.30. The minimum absolute atomic E-state index is 0.538. The van der Waals surface area contributed by atoms with E-state index < -0.39 is 0 Å². The molecule has 0 aromatic heterocycles. The summed E-state index contributed by atoms with van der Waals surface area (Å²) in [4.78, 5) is 0. The van der Waals surface area contributed by atoms with Crippen LogP contribution in [0.15, 0.2) is 18.2 Å². The van der Waals surface area contributed by atoms with E-state index in [1.807, 2.05) is 0 Å². The summed E-state index contributed by atoms with van der Waals surface area (Å²) in [6.45, 7) is 7.80. The highest BCUT2D eigenvalue weighted by Gasteiger charge is 2.35. The van der Waals surface area contributed by atoms with E-state index in [9.17, 15) is 0 Å². The number of hydrogen-bond acceptors (Lipinski definition) is 2. The summed E-state index contributed by atoms with van der Waals surface area (Å²) in [5, 5.41) is 7.01. The number of benzene rings is 1. The van der Waals surface area contributed by atoms with Crippen LogP contribution < -0.4 is 10.6 Å². The van der Waals surface area contributed by atoms with Crippen molar-refractivity contribution in [2.45, 2.75) is 39.5 Å². The maximum atomic E-state index is 3.67. The van der Waals surface area contributed by atoms with Gasteiger partial charge in [0.1, 0.15) is 0 Å². The second-order valence-electron chi connectivity index (χ2n) is 6.24. The summed E-state index contributed by atoms with van der Waals surface area (Å²) in [7, 11) is 2.07. The van der Waals surface area contributed by atoms with Crippen LogP contribution in [0.5, 0.6) is 0 Å². The van der Waals surface area contributed by atoms with E-state index in [1.165, 1.54) is 42.5 Å². The molecule has 1 saturated carbocycles. The van der Waals surface area contributed by atoms with Crippen LogP contribution in [0.25, 0.3) is 0 Å². The lowest BCUT2D eigenvalue weighted by Gasteiger charge is -2.42. The quantitative estimate of drug-likeness (QED) is 0.737. The second kappa shape index (κ2) is 6.53. The molecule has 106 valence electrons. The molecule has 1 aromatic rings. The normalized spacial score (nSPS) is 17.2.